The van der Waals surface area contributed by atoms with Crippen molar-refractivity contribution in [3.05, 3.63) is 42.0 Å². The molecule has 0 atom stereocenters. The zero-order chi connectivity index (χ0) is 11.5. The lowest BCUT2D eigenvalue weighted by atomic mass is 10.1. The number of benzene rings is 1. The third-order valence-electron chi connectivity index (χ3n) is 2.60. The summed E-state index contributed by atoms with van der Waals surface area (Å²) in [4.78, 5) is 4.18. The molecule has 4 N–H and O–H groups in total. The molecule has 84 valence electrons. The van der Waals surface area contributed by atoms with Crippen LogP contribution in [0.15, 0.2) is 30.6 Å². The van der Waals surface area contributed by atoms with E-state index in [-0.39, 0.29) is 0 Å². The van der Waals surface area contributed by atoms with Gasteiger partial charge in [-0.25, -0.2) is 4.98 Å². The lowest BCUT2D eigenvalue weighted by Crippen LogP contribution is -2.03. The Kier molecular flexibility index (Phi) is 2.81. The summed E-state index contributed by atoms with van der Waals surface area (Å²) >= 11 is 0. The molecule has 0 unspecified atom stereocenters. The van der Waals surface area contributed by atoms with Gasteiger partial charge in [-0.2, -0.15) is 0 Å². The standard InChI is InChI=1S/C12H16N4/c1-9-15-3-5-16(9)4-2-10-6-11(13)8-12(14)7-10/h3,5-8H,2,4,13-14H2,1H3. The SMILES string of the molecule is Cc1nccn1CCc1cc(N)cc(N)c1. The Labute approximate surface area is 94.9 Å². The molecule has 0 amide bonds. The number of anilines is 2. The molecule has 4 heteroatoms. The van der Waals surface area contributed by atoms with Crippen molar-refractivity contribution < 1.29 is 0 Å². The van der Waals surface area contributed by atoms with Gasteiger partial charge in [0.15, 0.2) is 0 Å². The zero-order valence-corrected chi connectivity index (χ0v) is 9.35. The fraction of sp³-hybridized carbons (Fsp3) is 0.250. The highest BCUT2D eigenvalue weighted by Gasteiger charge is 2.00. The van der Waals surface area contributed by atoms with E-state index in [0.29, 0.717) is 0 Å². The summed E-state index contributed by atoms with van der Waals surface area (Å²) in [7, 11) is 0. The van der Waals surface area contributed by atoms with E-state index in [9.17, 15) is 0 Å². The monoisotopic (exact) mass is 216 g/mol. The van der Waals surface area contributed by atoms with E-state index in [0.717, 1.165) is 35.7 Å². The van der Waals surface area contributed by atoms with Crippen molar-refractivity contribution in [1.29, 1.82) is 0 Å². The second-order valence-electron chi connectivity index (χ2n) is 3.93. The summed E-state index contributed by atoms with van der Waals surface area (Å²) in [6.07, 6.45) is 4.69. The Hall–Kier alpha value is -1.97. The molecule has 0 fully saturated rings. The van der Waals surface area contributed by atoms with Gasteiger partial charge < -0.3 is 16.0 Å². The first-order valence-corrected chi connectivity index (χ1v) is 5.28. The highest BCUT2D eigenvalue weighted by atomic mass is 15.0. The van der Waals surface area contributed by atoms with Crippen LogP contribution in [0.5, 0.6) is 0 Å². The highest BCUT2D eigenvalue weighted by Crippen LogP contribution is 2.14. The number of hydrogen-bond acceptors (Lipinski definition) is 3. The fourth-order valence-corrected chi connectivity index (χ4v) is 1.78. The second-order valence-corrected chi connectivity index (χ2v) is 3.93. The number of nitrogens with two attached hydrogens (primary N) is 2. The lowest BCUT2D eigenvalue weighted by molar-refractivity contribution is 0.673. The van der Waals surface area contributed by atoms with Gasteiger partial charge >= 0.3 is 0 Å². The van der Waals surface area contributed by atoms with Crippen LogP contribution in [0.2, 0.25) is 0 Å². The minimum atomic E-state index is 0.720. The maximum Gasteiger partial charge on any atom is 0.105 e. The van der Waals surface area contributed by atoms with Gasteiger partial charge in [0.05, 0.1) is 0 Å². The molecule has 0 saturated carbocycles. The molecule has 0 aliphatic carbocycles. The molecule has 0 spiro atoms. The zero-order valence-electron chi connectivity index (χ0n) is 9.35. The summed E-state index contributed by atoms with van der Waals surface area (Å²) in [6, 6.07) is 5.69. The Morgan fingerprint density at radius 3 is 2.44 bits per heavy atom. The van der Waals surface area contributed by atoms with Crippen LogP contribution in [-0.4, -0.2) is 9.55 Å². The number of nitrogens with zero attached hydrogens (tertiary/aromatic N) is 2. The molecule has 1 aromatic carbocycles. The lowest BCUT2D eigenvalue weighted by Gasteiger charge is -2.07. The summed E-state index contributed by atoms with van der Waals surface area (Å²) < 4.78 is 2.11. The van der Waals surface area contributed by atoms with E-state index in [1.165, 1.54) is 0 Å². The molecular weight excluding hydrogens is 200 g/mol. The van der Waals surface area contributed by atoms with Crippen LogP contribution in [-0.2, 0) is 13.0 Å². The third-order valence-corrected chi connectivity index (χ3v) is 2.60. The first-order valence-electron chi connectivity index (χ1n) is 5.28. The third kappa shape index (κ3) is 2.34. The Bertz CT molecular complexity index is 467. The molecule has 0 aliphatic rings. The van der Waals surface area contributed by atoms with Crippen molar-refractivity contribution in [2.24, 2.45) is 0 Å². The number of imidazole rings is 1. The van der Waals surface area contributed by atoms with Crippen LogP contribution in [0.3, 0.4) is 0 Å². The predicted molar refractivity (Wildman–Crippen MR) is 65.9 cm³/mol. The van der Waals surface area contributed by atoms with Crippen LogP contribution in [0.1, 0.15) is 11.4 Å². The molecule has 0 saturated heterocycles. The molecule has 2 rings (SSSR count). The minimum Gasteiger partial charge on any atom is -0.399 e. The fourth-order valence-electron chi connectivity index (χ4n) is 1.78. The van der Waals surface area contributed by atoms with Gasteiger partial charge in [-0.3, -0.25) is 0 Å². The smallest absolute Gasteiger partial charge is 0.105 e. The maximum absolute atomic E-state index is 5.74. The quantitative estimate of drug-likeness (QED) is 0.765. The molecule has 0 radical (unpaired) electrons. The molecule has 16 heavy (non-hydrogen) atoms. The van der Waals surface area contributed by atoms with Crippen LogP contribution in [0.25, 0.3) is 0 Å². The molecular formula is C12H16N4. The van der Waals surface area contributed by atoms with Crippen LogP contribution in [0.4, 0.5) is 11.4 Å². The Morgan fingerprint density at radius 2 is 1.88 bits per heavy atom. The largest absolute Gasteiger partial charge is 0.399 e. The maximum atomic E-state index is 5.74. The van der Waals surface area contributed by atoms with Crippen molar-refractivity contribution >= 4 is 11.4 Å². The van der Waals surface area contributed by atoms with Gasteiger partial charge in [0.2, 0.25) is 0 Å². The van der Waals surface area contributed by atoms with Gasteiger partial charge in [-0.15, -0.1) is 0 Å². The molecule has 4 nitrogen and oxygen atoms in total. The number of rotatable bonds is 3. The predicted octanol–water partition coefficient (Wildman–Crippen LogP) is 1.60. The van der Waals surface area contributed by atoms with Crippen molar-refractivity contribution in [1.82, 2.24) is 9.55 Å². The van der Waals surface area contributed by atoms with E-state index < -0.39 is 0 Å². The van der Waals surface area contributed by atoms with Crippen LogP contribution in [0, 0.1) is 6.92 Å². The van der Waals surface area contributed by atoms with Gasteiger partial charge in [-0.1, -0.05) is 0 Å². The molecule has 1 aromatic heterocycles. The van der Waals surface area contributed by atoms with E-state index >= 15 is 0 Å². The van der Waals surface area contributed by atoms with Gasteiger partial charge in [0, 0.05) is 30.3 Å². The highest BCUT2D eigenvalue weighted by molar-refractivity contribution is 5.54. The normalized spacial score (nSPS) is 10.6. The second kappa shape index (κ2) is 4.26. The number of hydrogen-bond donors (Lipinski definition) is 2. The van der Waals surface area contributed by atoms with Crippen molar-refractivity contribution in [3.63, 3.8) is 0 Å². The van der Waals surface area contributed by atoms with E-state index in [1.54, 1.807) is 6.07 Å². The van der Waals surface area contributed by atoms with Crippen molar-refractivity contribution in [2.45, 2.75) is 19.9 Å². The first-order chi connectivity index (χ1) is 7.65. The summed E-state index contributed by atoms with van der Waals surface area (Å²) in [6.45, 7) is 2.89. The van der Waals surface area contributed by atoms with Gasteiger partial charge in [-0.05, 0) is 37.1 Å². The van der Waals surface area contributed by atoms with E-state index in [4.69, 9.17) is 11.5 Å². The molecule has 1 heterocycles. The topological polar surface area (TPSA) is 69.9 Å². The van der Waals surface area contributed by atoms with Crippen LogP contribution < -0.4 is 11.5 Å². The molecule has 0 aliphatic heterocycles. The first kappa shape index (κ1) is 10.5. The Balaban J connectivity index is 2.07. The minimum absolute atomic E-state index is 0.720. The van der Waals surface area contributed by atoms with Crippen molar-refractivity contribution in [3.8, 4) is 0 Å². The average Bonchev–Trinajstić information content (AvgIpc) is 2.59. The number of aromatic nitrogens is 2. The van der Waals surface area contributed by atoms with E-state index in [2.05, 4.69) is 9.55 Å². The van der Waals surface area contributed by atoms with Gasteiger partial charge in [0.25, 0.3) is 0 Å². The summed E-state index contributed by atoms with van der Waals surface area (Å²) in [5, 5.41) is 0. The van der Waals surface area contributed by atoms with Gasteiger partial charge in [0.1, 0.15) is 5.82 Å². The average molecular weight is 216 g/mol. The summed E-state index contributed by atoms with van der Waals surface area (Å²) in [5.74, 6) is 1.02. The number of aryl methyl sites for hydroxylation is 3. The number of nitrogen functional groups attached to an aromatic ring is 2. The summed E-state index contributed by atoms with van der Waals surface area (Å²) in [5.41, 5.74) is 14.1. The van der Waals surface area contributed by atoms with E-state index in [1.807, 2.05) is 31.5 Å². The molecule has 0 bridgehead atoms. The Morgan fingerprint density at radius 1 is 1.19 bits per heavy atom. The van der Waals surface area contributed by atoms with Crippen molar-refractivity contribution in [2.75, 3.05) is 11.5 Å². The molecule has 2 aromatic rings. The van der Waals surface area contributed by atoms with Crippen LogP contribution >= 0.6 is 0 Å².